The number of likely N-dealkylation sites (tertiary alicyclic amines) is 1. The van der Waals surface area contributed by atoms with Gasteiger partial charge in [-0.3, -0.25) is 9.69 Å². The Morgan fingerprint density at radius 1 is 1.25 bits per heavy atom. The highest BCUT2D eigenvalue weighted by atomic mass is 16.5. The standard InChI is InChI=1S/C15H27N3O2/c1-12-10-18(15(19)13-3-2-4-16-9-13)11-14(12)17-5-7-20-8-6-17/h12-14,16H,2-11H2,1H3. The Bertz CT molecular complexity index is 338. The van der Waals surface area contributed by atoms with Gasteiger partial charge in [0.15, 0.2) is 0 Å². The first-order valence-electron chi connectivity index (χ1n) is 8.07. The molecule has 3 heterocycles. The molecule has 0 saturated carbocycles. The molecule has 0 radical (unpaired) electrons. The fourth-order valence-corrected chi connectivity index (χ4v) is 3.83. The third-order valence-corrected chi connectivity index (χ3v) is 5.05. The fraction of sp³-hybridized carbons (Fsp3) is 0.933. The molecule has 5 heteroatoms. The molecule has 3 aliphatic heterocycles. The number of morpholine rings is 1. The Morgan fingerprint density at radius 3 is 2.75 bits per heavy atom. The minimum Gasteiger partial charge on any atom is -0.379 e. The van der Waals surface area contributed by atoms with E-state index in [2.05, 4.69) is 22.0 Å². The molecule has 0 bridgehead atoms. The molecule has 3 aliphatic rings. The lowest BCUT2D eigenvalue weighted by Gasteiger charge is -2.34. The van der Waals surface area contributed by atoms with Gasteiger partial charge >= 0.3 is 0 Å². The molecular formula is C15H27N3O2. The van der Waals surface area contributed by atoms with Crippen molar-refractivity contribution >= 4 is 5.91 Å². The highest BCUT2D eigenvalue weighted by molar-refractivity contribution is 5.79. The van der Waals surface area contributed by atoms with E-state index >= 15 is 0 Å². The number of hydrogen-bond donors (Lipinski definition) is 1. The molecule has 5 nitrogen and oxygen atoms in total. The Kier molecular flexibility index (Phi) is 4.58. The van der Waals surface area contributed by atoms with Gasteiger partial charge in [0, 0.05) is 38.8 Å². The molecule has 114 valence electrons. The zero-order chi connectivity index (χ0) is 13.9. The minimum absolute atomic E-state index is 0.208. The van der Waals surface area contributed by atoms with E-state index in [9.17, 15) is 4.79 Å². The maximum Gasteiger partial charge on any atom is 0.227 e. The van der Waals surface area contributed by atoms with Crippen LogP contribution in [0.4, 0.5) is 0 Å². The van der Waals surface area contributed by atoms with Crippen LogP contribution in [0.15, 0.2) is 0 Å². The monoisotopic (exact) mass is 281 g/mol. The van der Waals surface area contributed by atoms with Gasteiger partial charge in [-0.05, 0) is 25.3 Å². The van der Waals surface area contributed by atoms with Crippen molar-refractivity contribution in [2.75, 3.05) is 52.5 Å². The van der Waals surface area contributed by atoms with Gasteiger partial charge in [-0.2, -0.15) is 0 Å². The van der Waals surface area contributed by atoms with Crippen LogP contribution in [0.2, 0.25) is 0 Å². The number of amides is 1. The van der Waals surface area contributed by atoms with Crippen LogP contribution in [0.3, 0.4) is 0 Å². The summed E-state index contributed by atoms with van der Waals surface area (Å²) < 4.78 is 5.43. The second-order valence-electron chi connectivity index (χ2n) is 6.48. The number of nitrogens with one attached hydrogen (secondary N) is 1. The summed E-state index contributed by atoms with van der Waals surface area (Å²) in [6, 6.07) is 0.527. The lowest BCUT2D eigenvalue weighted by molar-refractivity contribution is -0.135. The van der Waals surface area contributed by atoms with Gasteiger partial charge in [0.05, 0.1) is 19.1 Å². The van der Waals surface area contributed by atoms with Gasteiger partial charge in [0.25, 0.3) is 0 Å². The number of carbonyl (C=O) groups excluding carboxylic acids is 1. The van der Waals surface area contributed by atoms with E-state index in [-0.39, 0.29) is 5.92 Å². The van der Waals surface area contributed by atoms with Crippen molar-refractivity contribution in [2.24, 2.45) is 11.8 Å². The Balaban J connectivity index is 1.57. The van der Waals surface area contributed by atoms with E-state index in [0.717, 1.165) is 65.3 Å². The van der Waals surface area contributed by atoms with Gasteiger partial charge in [0.2, 0.25) is 5.91 Å². The molecule has 3 rings (SSSR count). The Labute approximate surface area is 121 Å². The molecule has 3 saturated heterocycles. The number of piperidine rings is 1. The summed E-state index contributed by atoms with van der Waals surface area (Å²) >= 11 is 0. The second-order valence-corrected chi connectivity index (χ2v) is 6.48. The van der Waals surface area contributed by atoms with Crippen LogP contribution in [-0.4, -0.2) is 74.2 Å². The number of nitrogens with zero attached hydrogens (tertiary/aromatic N) is 2. The van der Waals surface area contributed by atoms with Crippen LogP contribution in [0.25, 0.3) is 0 Å². The van der Waals surface area contributed by atoms with Crippen LogP contribution in [0, 0.1) is 11.8 Å². The van der Waals surface area contributed by atoms with Crippen molar-refractivity contribution in [3.05, 3.63) is 0 Å². The molecule has 0 aromatic rings. The summed E-state index contributed by atoms with van der Waals surface area (Å²) in [6.45, 7) is 9.76. The lowest BCUT2D eigenvalue weighted by atomic mass is 9.98. The van der Waals surface area contributed by atoms with E-state index in [1.54, 1.807) is 0 Å². The smallest absolute Gasteiger partial charge is 0.227 e. The predicted molar refractivity (Wildman–Crippen MR) is 77.5 cm³/mol. The first-order chi connectivity index (χ1) is 9.75. The fourth-order valence-electron chi connectivity index (χ4n) is 3.83. The van der Waals surface area contributed by atoms with Crippen molar-refractivity contribution in [3.63, 3.8) is 0 Å². The van der Waals surface area contributed by atoms with Crippen molar-refractivity contribution in [2.45, 2.75) is 25.8 Å². The summed E-state index contributed by atoms with van der Waals surface area (Å²) in [6.07, 6.45) is 2.19. The first kappa shape index (κ1) is 14.3. The molecule has 3 fully saturated rings. The van der Waals surface area contributed by atoms with E-state index < -0.39 is 0 Å². The van der Waals surface area contributed by atoms with Crippen LogP contribution in [0.1, 0.15) is 19.8 Å². The number of carbonyl (C=O) groups is 1. The van der Waals surface area contributed by atoms with E-state index in [1.807, 2.05) is 0 Å². The normalized spacial score (nSPS) is 36.2. The van der Waals surface area contributed by atoms with Crippen molar-refractivity contribution in [1.29, 1.82) is 0 Å². The maximum absolute atomic E-state index is 12.6. The summed E-state index contributed by atoms with van der Waals surface area (Å²) in [5, 5.41) is 3.35. The van der Waals surface area contributed by atoms with E-state index in [4.69, 9.17) is 4.74 Å². The zero-order valence-corrected chi connectivity index (χ0v) is 12.5. The Hall–Kier alpha value is -0.650. The quantitative estimate of drug-likeness (QED) is 0.783. The van der Waals surface area contributed by atoms with Gasteiger partial charge in [0.1, 0.15) is 0 Å². The molecule has 0 spiro atoms. The van der Waals surface area contributed by atoms with Gasteiger partial charge in [-0.15, -0.1) is 0 Å². The molecule has 0 aromatic heterocycles. The highest BCUT2D eigenvalue weighted by Crippen LogP contribution is 2.25. The van der Waals surface area contributed by atoms with Crippen LogP contribution in [0.5, 0.6) is 0 Å². The molecule has 3 atom stereocenters. The second kappa shape index (κ2) is 6.41. The summed E-state index contributed by atoms with van der Waals surface area (Å²) in [4.78, 5) is 17.2. The van der Waals surface area contributed by atoms with Crippen LogP contribution < -0.4 is 5.32 Å². The maximum atomic E-state index is 12.6. The highest BCUT2D eigenvalue weighted by Gasteiger charge is 2.38. The third kappa shape index (κ3) is 3.00. The summed E-state index contributed by atoms with van der Waals surface area (Å²) in [5.74, 6) is 1.16. The number of hydrogen-bond acceptors (Lipinski definition) is 4. The van der Waals surface area contributed by atoms with Crippen LogP contribution >= 0.6 is 0 Å². The Morgan fingerprint density at radius 2 is 2.05 bits per heavy atom. The minimum atomic E-state index is 0.208. The third-order valence-electron chi connectivity index (χ3n) is 5.05. The van der Waals surface area contributed by atoms with Crippen molar-refractivity contribution in [1.82, 2.24) is 15.1 Å². The molecule has 1 amide bonds. The predicted octanol–water partition coefficient (Wildman–Crippen LogP) is 0.165. The van der Waals surface area contributed by atoms with Crippen molar-refractivity contribution < 1.29 is 9.53 Å². The number of ether oxygens (including phenoxy) is 1. The number of rotatable bonds is 2. The average molecular weight is 281 g/mol. The van der Waals surface area contributed by atoms with Gasteiger partial charge in [-0.1, -0.05) is 6.92 Å². The van der Waals surface area contributed by atoms with Gasteiger partial charge < -0.3 is 15.0 Å². The molecule has 20 heavy (non-hydrogen) atoms. The molecule has 3 unspecified atom stereocenters. The molecule has 1 N–H and O–H groups in total. The SMILES string of the molecule is CC1CN(C(=O)C2CCCNC2)CC1N1CCOCC1. The zero-order valence-electron chi connectivity index (χ0n) is 12.5. The van der Waals surface area contributed by atoms with Gasteiger partial charge in [-0.25, -0.2) is 0 Å². The molecule has 0 aliphatic carbocycles. The molecule has 0 aromatic carbocycles. The lowest BCUT2D eigenvalue weighted by Crippen LogP contribution is -2.47. The summed E-state index contributed by atoms with van der Waals surface area (Å²) in [7, 11) is 0. The topological polar surface area (TPSA) is 44.8 Å². The first-order valence-corrected chi connectivity index (χ1v) is 8.07. The van der Waals surface area contributed by atoms with Crippen LogP contribution in [-0.2, 0) is 9.53 Å². The molecular weight excluding hydrogens is 254 g/mol. The van der Waals surface area contributed by atoms with E-state index in [0.29, 0.717) is 17.9 Å². The largest absolute Gasteiger partial charge is 0.379 e. The van der Waals surface area contributed by atoms with Crippen molar-refractivity contribution in [3.8, 4) is 0 Å². The average Bonchev–Trinajstić information content (AvgIpc) is 2.90. The summed E-state index contributed by atoms with van der Waals surface area (Å²) in [5.41, 5.74) is 0. The van der Waals surface area contributed by atoms with E-state index in [1.165, 1.54) is 0 Å².